The highest BCUT2D eigenvalue weighted by molar-refractivity contribution is 7.15. The van der Waals surface area contributed by atoms with Crippen LogP contribution in [0.1, 0.15) is 34.9 Å². The van der Waals surface area contributed by atoms with Crippen molar-refractivity contribution >= 4 is 22.4 Å². The van der Waals surface area contributed by atoms with Gasteiger partial charge >= 0.3 is 0 Å². The molecule has 1 atom stereocenters. The Labute approximate surface area is 122 Å². The molecule has 1 heterocycles. The maximum atomic E-state index is 5.43. The average Bonchev–Trinajstić information content (AvgIpc) is 2.82. The van der Waals surface area contributed by atoms with Gasteiger partial charge in [-0.25, -0.2) is 4.98 Å². The van der Waals surface area contributed by atoms with E-state index in [1.807, 2.05) is 0 Å². The van der Waals surface area contributed by atoms with E-state index in [1.165, 1.54) is 29.0 Å². The minimum atomic E-state index is 0.0794. The lowest BCUT2D eigenvalue weighted by Gasteiger charge is -2.20. The Morgan fingerprint density at radius 2 is 2.10 bits per heavy atom. The number of aromatic nitrogens is 1. The quantitative estimate of drug-likeness (QED) is 0.672. The molecule has 1 aliphatic rings. The first-order chi connectivity index (χ1) is 9.72. The molecule has 4 N–H and O–H groups in total. The maximum Gasteiger partial charge on any atom is 0.212 e. The highest BCUT2D eigenvalue weighted by atomic mass is 32.1. The lowest BCUT2D eigenvalue weighted by atomic mass is 9.86. The Hall–Kier alpha value is -1.88. The Morgan fingerprint density at radius 1 is 1.30 bits per heavy atom. The number of thiazole rings is 1. The fourth-order valence-electron chi connectivity index (χ4n) is 2.75. The van der Waals surface area contributed by atoms with E-state index in [0.717, 1.165) is 12.8 Å². The molecular formula is C15H18N4S. The second kappa shape index (κ2) is 5.63. The summed E-state index contributed by atoms with van der Waals surface area (Å²) in [6, 6.07) is 10.6. The van der Waals surface area contributed by atoms with Crippen LogP contribution in [0.25, 0.3) is 0 Å². The summed E-state index contributed by atoms with van der Waals surface area (Å²) in [6.07, 6.45) is 4.54. The molecular weight excluding hydrogens is 268 g/mol. The van der Waals surface area contributed by atoms with Crippen molar-refractivity contribution in [1.29, 1.82) is 0 Å². The van der Waals surface area contributed by atoms with E-state index in [2.05, 4.69) is 40.3 Å². The summed E-state index contributed by atoms with van der Waals surface area (Å²) in [5, 5.41) is 0.690. The third-order valence-electron chi connectivity index (χ3n) is 3.61. The van der Waals surface area contributed by atoms with E-state index in [0.29, 0.717) is 11.0 Å². The number of fused-ring (bicyclic) bond motifs is 1. The number of nitrogens with two attached hydrogens (primary N) is 2. The van der Waals surface area contributed by atoms with Gasteiger partial charge in [-0.05, 0) is 31.2 Å². The predicted octanol–water partition coefficient (Wildman–Crippen LogP) is 2.71. The van der Waals surface area contributed by atoms with E-state index in [-0.39, 0.29) is 5.96 Å². The SMILES string of the molecule is NC(N)=Nc1nc2c(s1)CCCC2Cc1ccccc1. The largest absolute Gasteiger partial charge is 0.370 e. The first kappa shape index (κ1) is 13.1. The van der Waals surface area contributed by atoms with E-state index in [9.17, 15) is 0 Å². The van der Waals surface area contributed by atoms with E-state index >= 15 is 0 Å². The topological polar surface area (TPSA) is 77.3 Å². The fraction of sp³-hybridized carbons (Fsp3) is 0.333. The van der Waals surface area contributed by atoms with Crippen LogP contribution >= 0.6 is 11.3 Å². The maximum absolute atomic E-state index is 5.43. The van der Waals surface area contributed by atoms with Gasteiger partial charge in [0.15, 0.2) is 5.96 Å². The summed E-state index contributed by atoms with van der Waals surface area (Å²) < 4.78 is 0. The molecule has 0 saturated heterocycles. The second-order valence-corrected chi connectivity index (χ2v) is 6.18. The monoisotopic (exact) mass is 286 g/mol. The molecule has 2 aromatic rings. The van der Waals surface area contributed by atoms with Crippen LogP contribution in [0.3, 0.4) is 0 Å². The summed E-state index contributed by atoms with van der Waals surface area (Å²) >= 11 is 1.62. The lowest BCUT2D eigenvalue weighted by Crippen LogP contribution is -2.21. The van der Waals surface area contributed by atoms with Crippen LogP contribution in [-0.2, 0) is 12.8 Å². The van der Waals surface area contributed by atoms with Gasteiger partial charge in [0.05, 0.1) is 5.69 Å². The summed E-state index contributed by atoms with van der Waals surface area (Å²) in [7, 11) is 0. The summed E-state index contributed by atoms with van der Waals surface area (Å²) in [6.45, 7) is 0. The Kier molecular flexibility index (Phi) is 3.69. The molecule has 4 nitrogen and oxygen atoms in total. The van der Waals surface area contributed by atoms with Crippen molar-refractivity contribution < 1.29 is 0 Å². The van der Waals surface area contributed by atoms with Crippen LogP contribution in [-0.4, -0.2) is 10.9 Å². The molecule has 0 amide bonds. The van der Waals surface area contributed by atoms with Gasteiger partial charge in [0, 0.05) is 10.8 Å². The lowest BCUT2D eigenvalue weighted by molar-refractivity contribution is 0.544. The van der Waals surface area contributed by atoms with Crippen LogP contribution in [0.2, 0.25) is 0 Å². The zero-order valence-corrected chi connectivity index (χ0v) is 12.1. The molecule has 104 valence electrons. The smallest absolute Gasteiger partial charge is 0.212 e. The minimum Gasteiger partial charge on any atom is -0.370 e. The van der Waals surface area contributed by atoms with Crippen LogP contribution in [0.4, 0.5) is 5.13 Å². The molecule has 1 aromatic carbocycles. The molecule has 1 unspecified atom stereocenters. The number of nitrogens with zero attached hydrogens (tertiary/aromatic N) is 2. The van der Waals surface area contributed by atoms with Crippen molar-refractivity contribution in [2.75, 3.05) is 0 Å². The first-order valence-electron chi connectivity index (χ1n) is 6.85. The summed E-state index contributed by atoms with van der Waals surface area (Å²) in [5.74, 6) is 0.566. The fourth-order valence-corrected chi connectivity index (χ4v) is 3.83. The Morgan fingerprint density at radius 3 is 2.85 bits per heavy atom. The van der Waals surface area contributed by atoms with Gasteiger partial charge in [0.25, 0.3) is 0 Å². The van der Waals surface area contributed by atoms with Crippen molar-refractivity contribution in [2.45, 2.75) is 31.6 Å². The minimum absolute atomic E-state index is 0.0794. The number of rotatable bonds is 3. The summed E-state index contributed by atoms with van der Waals surface area (Å²) in [5.41, 5.74) is 13.4. The van der Waals surface area contributed by atoms with Crippen molar-refractivity contribution in [3.63, 3.8) is 0 Å². The standard InChI is InChI=1S/C15H18N4S/c16-14(17)19-15-18-13-11(7-4-8-12(13)20-15)9-10-5-2-1-3-6-10/h1-3,5-6,11H,4,7-9H2,(H4,16,17,18,19). The molecule has 3 rings (SSSR count). The highest BCUT2D eigenvalue weighted by Crippen LogP contribution is 2.39. The van der Waals surface area contributed by atoms with Crippen LogP contribution < -0.4 is 11.5 Å². The van der Waals surface area contributed by atoms with Gasteiger partial charge in [0.2, 0.25) is 5.13 Å². The molecule has 0 fully saturated rings. The van der Waals surface area contributed by atoms with E-state index < -0.39 is 0 Å². The van der Waals surface area contributed by atoms with E-state index in [1.54, 1.807) is 11.3 Å². The number of hydrogen-bond donors (Lipinski definition) is 2. The van der Waals surface area contributed by atoms with E-state index in [4.69, 9.17) is 11.5 Å². The van der Waals surface area contributed by atoms with Crippen LogP contribution in [0, 0.1) is 0 Å². The number of aryl methyl sites for hydroxylation is 1. The molecule has 0 spiro atoms. The summed E-state index contributed by atoms with van der Waals surface area (Å²) in [4.78, 5) is 10.1. The van der Waals surface area contributed by atoms with Crippen molar-refractivity contribution in [2.24, 2.45) is 16.5 Å². The first-order valence-corrected chi connectivity index (χ1v) is 7.67. The van der Waals surface area contributed by atoms with Gasteiger partial charge in [-0.1, -0.05) is 41.7 Å². The molecule has 1 aliphatic carbocycles. The molecule has 0 radical (unpaired) electrons. The van der Waals surface area contributed by atoms with Crippen molar-refractivity contribution in [1.82, 2.24) is 4.98 Å². The van der Waals surface area contributed by atoms with Crippen LogP contribution in [0.15, 0.2) is 35.3 Å². The van der Waals surface area contributed by atoms with Crippen molar-refractivity contribution in [3.05, 3.63) is 46.5 Å². The Bertz CT molecular complexity index is 614. The van der Waals surface area contributed by atoms with Crippen LogP contribution in [0.5, 0.6) is 0 Å². The third kappa shape index (κ3) is 2.82. The molecule has 1 aromatic heterocycles. The zero-order chi connectivity index (χ0) is 13.9. The normalized spacial score (nSPS) is 17.5. The van der Waals surface area contributed by atoms with Crippen molar-refractivity contribution in [3.8, 4) is 0 Å². The molecule has 20 heavy (non-hydrogen) atoms. The number of guanidine groups is 1. The van der Waals surface area contributed by atoms with Gasteiger partial charge < -0.3 is 11.5 Å². The van der Waals surface area contributed by atoms with Gasteiger partial charge in [-0.2, -0.15) is 4.99 Å². The predicted molar refractivity (Wildman–Crippen MR) is 83.4 cm³/mol. The highest BCUT2D eigenvalue weighted by Gasteiger charge is 2.24. The number of hydrogen-bond acceptors (Lipinski definition) is 3. The average molecular weight is 286 g/mol. The van der Waals surface area contributed by atoms with Gasteiger partial charge in [0.1, 0.15) is 0 Å². The Balaban J connectivity index is 1.86. The number of aliphatic imine (C=N–C) groups is 1. The third-order valence-corrected chi connectivity index (χ3v) is 4.63. The molecule has 0 aliphatic heterocycles. The zero-order valence-electron chi connectivity index (χ0n) is 11.2. The molecule has 0 saturated carbocycles. The second-order valence-electron chi connectivity index (χ2n) is 5.12. The van der Waals surface area contributed by atoms with Gasteiger partial charge in [-0.3, -0.25) is 0 Å². The van der Waals surface area contributed by atoms with Gasteiger partial charge in [-0.15, -0.1) is 0 Å². The number of benzene rings is 1. The molecule has 0 bridgehead atoms. The molecule has 5 heteroatoms.